The van der Waals surface area contributed by atoms with E-state index in [0.29, 0.717) is 70.6 Å². The van der Waals surface area contributed by atoms with Crippen LogP contribution in [-0.4, -0.2) is 120 Å². The molecular formula is C35H43Cl4N5O5. The van der Waals surface area contributed by atoms with Crippen LogP contribution in [0.1, 0.15) is 60.4 Å². The van der Waals surface area contributed by atoms with Crippen LogP contribution in [0.5, 0.6) is 0 Å². The van der Waals surface area contributed by atoms with Crippen LogP contribution >= 0.6 is 46.4 Å². The van der Waals surface area contributed by atoms with Crippen LogP contribution in [-0.2, 0) is 14.3 Å². The fourth-order valence-corrected chi connectivity index (χ4v) is 7.96. The van der Waals surface area contributed by atoms with E-state index in [-0.39, 0.29) is 48.6 Å². The molecule has 0 saturated carbocycles. The lowest BCUT2D eigenvalue weighted by Crippen LogP contribution is -2.52. The Morgan fingerprint density at radius 1 is 0.959 bits per heavy atom. The van der Waals surface area contributed by atoms with Crippen molar-refractivity contribution in [2.75, 3.05) is 66.1 Å². The third-order valence-corrected chi connectivity index (χ3v) is 11.0. The average Bonchev–Trinajstić information content (AvgIpc) is 3.10. The van der Waals surface area contributed by atoms with Crippen LogP contribution in [0.4, 0.5) is 0 Å². The summed E-state index contributed by atoms with van der Waals surface area (Å²) in [6.45, 7) is 5.37. The van der Waals surface area contributed by atoms with E-state index in [9.17, 15) is 19.6 Å². The number of amides is 3. The van der Waals surface area contributed by atoms with Crippen molar-refractivity contribution in [3.05, 3.63) is 67.6 Å². The Morgan fingerprint density at radius 2 is 1.65 bits per heavy atom. The van der Waals surface area contributed by atoms with Crippen LogP contribution in [0.25, 0.3) is 0 Å². The molecule has 49 heavy (non-hydrogen) atoms. The predicted molar refractivity (Wildman–Crippen MR) is 192 cm³/mol. The van der Waals surface area contributed by atoms with E-state index in [1.54, 1.807) is 37.4 Å². The first kappa shape index (κ1) is 37.7. The number of morpholine rings is 1. The Labute approximate surface area is 307 Å². The van der Waals surface area contributed by atoms with Gasteiger partial charge in [0.2, 0.25) is 11.8 Å². The SMILES string of the molecule is CN(C/C(=N\O)[C@H](CCN1CCC(N2CCCC(CC(=O)N3CCOCC3)C2=O)CC1)c1ccc(Cl)c(Cl)c1)C(=O)c1cc(Cl)cc(Cl)c1. The number of halogens is 4. The summed E-state index contributed by atoms with van der Waals surface area (Å²) < 4.78 is 5.37. The fourth-order valence-electron chi connectivity index (χ4n) is 7.13. The number of nitrogens with zero attached hydrogens (tertiary/aromatic N) is 5. The van der Waals surface area contributed by atoms with Crippen molar-refractivity contribution in [2.24, 2.45) is 11.1 Å². The zero-order valence-corrected chi connectivity index (χ0v) is 30.7. The Hall–Kier alpha value is -2.60. The lowest BCUT2D eigenvalue weighted by atomic mass is 9.89. The largest absolute Gasteiger partial charge is 0.411 e. The molecule has 0 aliphatic carbocycles. The molecule has 3 amide bonds. The van der Waals surface area contributed by atoms with Gasteiger partial charge in [-0.1, -0.05) is 57.6 Å². The minimum Gasteiger partial charge on any atom is -0.411 e. The highest BCUT2D eigenvalue weighted by molar-refractivity contribution is 6.42. The second-order valence-corrected chi connectivity index (χ2v) is 14.8. The molecule has 266 valence electrons. The summed E-state index contributed by atoms with van der Waals surface area (Å²) >= 11 is 24.9. The Morgan fingerprint density at radius 3 is 2.31 bits per heavy atom. The standard InChI is InChI=1S/C35H43Cl4N5O5/c1-41(34(46)25-17-26(36)21-27(37)18-25)22-32(40-48)29(23-4-5-30(38)31(39)19-23)8-12-42-10-6-28(7-11-42)44-9-2-3-24(35(44)47)20-33(45)43-13-15-49-16-14-43/h4-5,17-19,21,24,28-29,48H,2-3,6-16,20,22H2,1H3/b40-32+/t24?,29-/m1/s1. The minimum absolute atomic E-state index is 0.0463. The molecule has 3 fully saturated rings. The summed E-state index contributed by atoms with van der Waals surface area (Å²) in [6.07, 6.45) is 4.21. The average molecular weight is 756 g/mol. The van der Waals surface area contributed by atoms with Gasteiger partial charge in [0, 0.05) is 79.7 Å². The lowest BCUT2D eigenvalue weighted by molar-refractivity contribution is -0.147. The van der Waals surface area contributed by atoms with Crippen molar-refractivity contribution in [3.8, 4) is 0 Å². The smallest absolute Gasteiger partial charge is 0.254 e. The maximum atomic E-state index is 13.5. The number of rotatable bonds is 11. The highest BCUT2D eigenvalue weighted by atomic mass is 35.5. The van der Waals surface area contributed by atoms with E-state index < -0.39 is 0 Å². The van der Waals surface area contributed by atoms with Gasteiger partial charge in [-0.3, -0.25) is 14.4 Å². The monoisotopic (exact) mass is 753 g/mol. The van der Waals surface area contributed by atoms with Gasteiger partial charge in [0.25, 0.3) is 5.91 Å². The van der Waals surface area contributed by atoms with E-state index in [4.69, 9.17) is 51.1 Å². The lowest BCUT2D eigenvalue weighted by Gasteiger charge is -2.42. The van der Waals surface area contributed by atoms with Gasteiger partial charge in [0.15, 0.2) is 0 Å². The van der Waals surface area contributed by atoms with E-state index >= 15 is 0 Å². The Bertz CT molecular complexity index is 1510. The van der Waals surface area contributed by atoms with Crippen molar-refractivity contribution in [2.45, 2.75) is 50.5 Å². The normalized spacial score (nSPS) is 20.4. The molecule has 3 aliphatic heterocycles. The zero-order chi connectivity index (χ0) is 35.1. The maximum Gasteiger partial charge on any atom is 0.254 e. The number of carbonyl (C=O) groups is 3. The van der Waals surface area contributed by atoms with Crippen LogP contribution in [0.15, 0.2) is 41.6 Å². The summed E-state index contributed by atoms with van der Waals surface area (Å²) in [5, 5.41) is 15.4. The third kappa shape index (κ3) is 9.80. The first-order valence-corrected chi connectivity index (χ1v) is 18.3. The molecular weight excluding hydrogens is 712 g/mol. The summed E-state index contributed by atoms with van der Waals surface area (Å²) in [5.74, 6) is -0.783. The quantitative estimate of drug-likeness (QED) is 0.163. The second-order valence-electron chi connectivity index (χ2n) is 13.1. The molecule has 10 nitrogen and oxygen atoms in total. The number of hydrogen-bond acceptors (Lipinski definition) is 7. The van der Waals surface area contributed by atoms with Gasteiger partial charge in [0.1, 0.15) is 0 Å². The van der Waals surface area contributed by atoms with Gasteiger partial charge in [-0.25, -0.2) is 0 Å². The van der Waals surface area contributed by atoms with Crippen molar-refractivity contribution in [3.63, 3.8) is 0 Å². The van der Waals surface area contributed by atoms with Crippen molar-refractivity contribution in [1.82, 2.24) is 19.6 Å². The maximum absolute atomic E-state index is 13.5. The van der Waals surface area contributed by atoms with E-state index in [1.165, 1.54) is 4.90 Å². The van der Waals surface area contributed by atoms with Gasteiger partial charge in [-0.15, -0.1) is 0 Å². The summed E-state index contributed by atoms with van der Waals surface area (Å²) in [7, 11) is 1.63. The molecule has 1 N–H and O–H groups in total. The van der Waals surface area contributed by atoms with Crippen molar-refractivity contribution < 1.29 is 24.3 Å². The highest BCUT2D eigenvalue weighted by Gasteiger charge is 2.37. The van der Waals surface area contributed by atoms with Gasteiger partial charge in [0.05, 0.1) is 35.5 Å². The molecule has 5 rings (SSSR count). The summed E-state index contributed by atoms with van der Waals surface area (Å²) in [5.41, 5.74) is 1.54. The number of carbonyl (C=O) groups excluding carboxylic acids is 3. The number of hydrogen-bond donors (Lipinski definition) is 1. The van der Waals surface area contributed by atoms with Gasteiger partial charge in [-0.2, -0.15) is 0 Å². The first-order chi connectivity index (χ1) is 23.5. The third-order valence-electron chi connectivity index (χ3n) is 9.83. The molecule has 0 radical (unpaired) electrons. The zero-order valence-electron chi connectivity index (χ0n) is 27.6. The topological polar surface area (TPSA) is 106 Å². The Balaban J connectivity index is 1.20. The molecule has 2 atom stereocenters. The number of likely N-dealkylation sites (tertiary alicyclic amines) is 2. The second kappa shape index (κ2) is 17.6. The number of benzene rings is 2. The molecule has 3 heterocycles. The molecule has 2 aromatic rings. The number of oxime groups is 1. The van der Waals surface area contributed by atoms with Gasteiger partial charge >= 0.3 is 0 Å². The van der Waals surface area contributed by atoms with E-state index in [2.05, 4.69) is 10.1 Å². The predicted octanol–water partition coefficient (Wildman–Crippen LogP) is 6.33. The molecule has 0 aromatic heterocycles. The minimum atomic E-state index is -0.357. The van der Waals surface area contributed by atoms with E-state index in [1.807, 2.05) is 15.9 Å². The van der Waals surface area contributed by atoms with Crippen LogP contribution < -0.4 is 0 Å². The van der Waals surface area contributed by atoms with Gasteiger partial charge in [-0.05, 0) is 74.5 Å². The van der Waals surface area contributed by atoms with Crippen LogP contribution in [0.3, 0.4) is 0 Å². The van der Waals surface area contributed by atoms with Crippen LogP contribution in [0, 0.1) is 5.92 Å². The summed E-state index contributed by atoms with van der Waals surface area (Å²) in [4.78, 5) is 47.3. The Kier molecular flexibility index (Phi) is 13.5. The van der Waals surface area contributed by atoms with Crippen LogP contribution in [0.2, 0.25) is 20.1 Å². The molecule has 0 spiro atoms. The molecule has 0 bridgehead atoms. The fraction of sp³-hybridized carbons (Fsp3) is 0.543. The molecule has 14 heteroatoms. The molecule has 3 saturated heterocycles. The number of piperidine rings is 2. The molecule has 2 aromatic carbocycles. The highest BCUT2D eigenvalue weighted by Crippen LogP contribution is 2.32. The molecule has 3 aliphatic rings. The number of ether oxygens (including phenoxy) is 1. The molecule has 1 unspecified atom stereocenters. The van der Waals surface area contributed by atoms with Crippen molar-refractivity contribution in [1.29, 1.82) is 0 Å². The van der Waals surface area contributed by atoms with Gasteiger partial charge < -0.3 is 29.5 Å². The van der Waals surface area contributed by atoms with E-state index in [0.717, 1.165) is 50.9 Å². The first-order valence-electron chi connectivity index (χ1n) is 16.8. The summed E-state index contributed by atoms with van der Waals surface area (Å²) in [6, 6.07) is 10.1. The van der Waals surface area contributed by atoms with Crippen molar-refractivity contribution >= 4 is 69.8 Å².